The Labute approximate surface area is 144 Å². The van der Waals surface area contributed by atoms with Gasteiger partial charge in [0.25, 0.3) is 5.91 Å². The molecule has 25 heavy (non-hydrogen) atoms. The molecule has 2 aromatic rings. The molecule has 0 saturated carbocycles. The number of rotatable bonds is 3. The number of benzene rings is 1. The number of aromatic nitrogens is 1. The first kappa shape index (κ1) is 16.9. The summed E-state index contributed by atoms with van der Waals surface area (Å²) in [5, 5.41) is 0.732. The van der Waals surface area contributed by atoms with Gasteiger partial charge in [0.2, 0.25) is 5.91 Å². The van der Waals surface area contributed by atoms with Gasteiger partial charge in [0.05, 0.1) is 11.1 Å². The predicted molar refractivity (Wildman–Crippen MR) is 90.6 cm³/mol. The molecule has 1 aromatic heterocycles. The lowest BCUT2D eigenvalue weighted by atomic mass is 9.90. The van der Waals surface area contributed by atoms with Crippen molar-refractivity contribution in [3.05, 3.63) is 41.1 Å². The van der Waals surface area contributed by atoms with Crippen LogP contribution in [0.3, 0.4) is 0 Å². The van der Waals surface area contributed by atoms with Gasteiger partial charge in [-0.3, -0.25) is 25.4 Å². The van der Waals surface area contributed by atoms with Gasteiger partial charge in [-0.05, 0) is 37.3 Å². The molecular formula is C18H19N3O4. The van der Waals surface area contributed by atoms with Gasteiger partial charge in [-0.25, -0.2) is 4.79 Å². The number of aryl methyl sites for hydroxylation is 1. The molecule has 2 amide bonds. The van der Waals surface area contributed by atoms with Gasteiger partial charge in [-0.2, -0.15) is 0 Å². The highest BCUT2D eigenvalue weighted by atomic mass is 16.5. The first-order chi connectivity index (χ1) is 12.1. The highest BCUT2D eigenvalue weighted by Gasteiger charge is 2.24. The Bertz CT molecular complexity index is 848. The van der Waals surface area contributed by atoms with Crippen molar-refractivity contribution in [2.24, 2.45) is 0 Å². The molecule has 0 aliphatic heterocycles. The second-order valence-corrected chi connectivity index (χ2v) is 5.94. The lowest BCUT2D eigenvalue weighted by Gasteiger charge is -2.19. The van der Waals surface area contributed by atoms with Crippen LogP contribution in [0.2, 0.25) is 0 Å². The van der Waals surface area contributed by atoms with Crippen LogP contribution in [-0.2, 0) is 27.2 Å². The van der Waals surface area contributed by atoms with Crippen LogP contribution in [0.1, 0.15) is 41.4 Å². The van der Waals surface area contributed by atoms with Crippen LogP contribution in [0, 0.1) is 0 Å². The van der Waals surface area contributed by atoms with Crippen LogP contribution in [-0.4, -0.2) is 29.4 Å². The average molecular weight is 341 g/mol. The van der Waals surface area contributed by atoms with Crippen LogP contribution < -0.4 is 10.9 Å². The molecule has 0 bridgehead atoms. The maximum absolute atomic E-state index is 12.7. The Hall–Kier alpha value is -2.96. The van der Waals surface area contributed by atoms with Crippen molar-refractivity contribution in [3.8, 4) is 0 Å². The van der Waals surface area contributed by atoms with E-state index in [1.165, 1.54) is 6.92 Å². The van der Waals surface area contributed by atoms with Crippen molar-refractivity contribution < 1.29 is 19.1 Å². The minimum absolute atomic E-state index is 0.408. The lowest BCUT2D eigenvalue weighted by Crippen LogP contribution is -2.42. The summed E-state index contributed by atoms with van der Waals surface area (Å²) in [6, 6.07) is 7.43. The fourth-order valence-electron chi connectivity index (χ4n) is 3.00. The number of para-hydroxylation sites is 1. The molecule has 0 spiro atoms. The number of carbonyl (C=O) groups excluding carboxylic acids is 3. The second-order valence-electron chi connectivity index (χ2n) is 5.94. The summed E-state index contributed by atoms with van der Waals surface area (Å²) in [4.78, 5) is 39.7. The van der Waals surface area contributed by atoms with Gasteiger partial charge >= 0.3 is 5.97 Å². The Morgan fingerprint density at radius 2 is 1.88 bits per heavy atom. The van der Waals surface area contributed by atoms with E-state index in [-0.39, 0.29) is 0 Å². The zero-order valence-corrected chi connectivity index (χ0v) is 13.9. The van der Waals surface area contributed by atoms with Gasteiger partial charge in [0.15, 0.2) is 6.61 Å². The Kier molecular flexibility index (Phi) is 4.92. The summed E-state index contributed by atoms with van der Waals surface area (Å²) in [7, 11) is 0. The summed E-state index contributed by atoms with van der Waals surface area (Å²) < 4.78 is 5.17. The number of esters is 1. The molecular weight excluding hydrogens is 322 g/mol. The molecule has 7 nitrogen and oxygen atoms in total. The maximum atomic E-state index is 12.7. The van der Waals surface area contributed by atoms with Crippen molar-refractivity contribution in [2.45, 2.75) is 32.6 Å². The van der Waals surface area contributed by atoms with Gasteiger partial charge in [-0.15, -0.1) is 0 Å². The fourth-order valence-corrected chi connectivity index (χ4v) is 3.00. The van der Waals surface area contributed by atoms with E-state index < -0.39 is 24.4 Å². The number of hydrogen-bond donors (Lipinski definition) is 2. The Morgan fingerprint density at radius 3 is 2.68 bits per heavy atom. The summed E-state index contributed by atoms with van der Waals surface area (Å²) >= 11 is 0. The number of amides is 2. The molecule has 0 fully saturated rings. The van der Waals surface area contributed by atoms with E-state index >= 15 is 0 Å². The zero-order valence-electron chi connectivity index (χ0n) is 13.9. The molecule has 1 aromatic carbocycles. The van der Waals surface area contributed by atoms with Gasteiger partial charge in [0, 0.05) is 18.0 Å². The molecule has 130 valence electrons. The van der Waals surface area contributed by atoms with Crippen LogP contribution in [0.15, 0.2) is 24.3 Å². The van der Waals surface area contributed by atoms with E-state index in [0.717, 1.165) is 47.8 Å². The fraction of sp³-hybridized carbons (Fsp3) is 0.333. The van der Waals surface area contributed by atoms with E-state index in [9.17, 15) is 14.4 Å². The van der Waals surface area contributed by atoms with Crippen LogP contribution in [0.25, 0.3) is 10.9 Å². The van der Waals surface area contributed by atoms with Crippen molar-refractivity contribution in [3.63, 3.8) is 0 Å². The number of carbonyl (C=O) groups is 3. The van der Waals surface area contributed by atoms with Crippen molar-refractivity contribution in [1.29, 1.82) is 0 Å². The normalized spacial score (nSPS) is 13.0. The van der Waals surface area contributed by atoms with Gasteiger partial charge in [-0.1, -0.05) is 18.2 Å². The Balaban J connectivity index is 1.85. The summed E-state index contributed by atoms with van der Waals surface area (Å²) in [6.45, 7) is 0.798. The SMILES string of the molecule is CC(=O)NNC(=O)COC(=O)c1c2c(nc3ccccc13)CCCC2. The van der Waals surface area contributed by atoms with Crippen LogP contribution >= 0.6 is 0 Å². The number of fused-ring (bicyclic) bond motifs is 2. The van der Waals surface area contributed by atoms with E-state index in [2.05, 4.69) is 15.8 Å². The largest absolute Gasteiger partial charge is 0.452 e. The summed E-state index contributed by atoms with van der Waals surface area (Å²) in [6.07, 6.45) is 3.65. The summed E-state index contributed by atoms with van der Waals surface area (Å²) in [5.74, 6) is -1.56. The zero-order chi connectivity index (χ0) is 17.8. The number of hydrazine groups is 1. The van der Waals surface area contributed by atoms with Crippen LogP contribution in [0.5, 0.6) is 0 Å². The number of nitrogens with zero attached hydrogens (tertiary/aromatic N) is 1. The van der Waals surface area contributed by atoms with Crippen molar-refractivity contribution in [2.75, 3.05) is 6.61 Å². The molecule has 1 aliphatic carbocycles. The van der Waals surface area contributed by atoms with E-state index in [1.807, 2.05) is 24.3 Å². The molecule has 0 atom stereocenters. The van der Waals surface area contributed by atoms with E-state index in [4.69, 9.17) is 4.74 Å². The molecule has 1 aliphatic rings. The number of ether oxygens (including phenoxy) is 1. The third-order valence-corrected chi connectivity index (χ3v) is 4.09. The molecule has 3 rings (SSSR count). The summed E-state index contributed by atoms with van der Waals surface area (Å²) in [5.41, 5.74) is 7.39. The molecule has 0 saturated heterocycles. The van der Waals surface area contributed by atoms with Gasteiger partial charge < -0.3 is 4.74 Å². The minimum atomic E-state index is -0.601. The molecule has 7 heteroatoms. The standard InChI is InChI=1S/C18H19N3O4/c1-11(22)20-21-16(23)10-25-18(24)17-12-6-2-4-8-14(12)19-15-9-5-3-7-13(15)17/h2,4,6,8H,3,5,7,9-10H2,1H3,(H,20,22)(H,21,23). The van der Waals surface area contributed by atoms with Gasteiger partial charge in [0.1, 0.15) is 0 Å². The highest BCUT2D eigenvalue weighted by molar-refractivity contribution is 6.05. The minimum Gasteiger partial charge on any atom is -0.452 e. The second kappa shape index (κ2) is 7.29. The molecule has 0 unspecified atom stereocenters. The molecule has 0 radical (unpaired) electrons. The smallest absolute Gasteiger partial charge is 0.339 e. The monoisotopic (exact) mass is 341 g/mol. The number of pyridine rings is 1. The van der Waals surface area contributed by atoms with E-state index in [1.54, 1.807) is 0 Å². The maximum Gasteiger partial charge on any atom is 0.339 e. The lowest BCUT2D eigenvalue weighted by molar-refractivity contribution is -0.129. The average Bonchev–Trinajstić information content (AvgIpc) is 2.62. The molecule has 1 heterocycles. The predicted octanol–water partition coefficient (Wildman–Crippen LogP) is 1.44. The van der Waals surface area contributed by atoms with E-state index in [0.29, 0.717) is 5.56 Å². The number of hydrogen-bond acceptors (Lipinski definition) is 5. The van der Waals surface area contributed by atoms with Crippen LogP contribution in [0.4, 0.5) is 0 Å². The topological polar surface area (TPSA) is 97.4 Å². The van der Waals surface area contributed by atoms with Crippen molar-refractivity contribution >= 4 is 28.7 Å². The third kappa shape index (κ3) is 3.76. The first-order valence-electron chi connectivity index (χ1n) is 8.19. The van der Waals surface area contributed by atoms with Crippen molar-refractivity contribution in [1.82, 2.24) is 15.8 Å². The Morgan fingerprint density at radius 1 is 1.12 bits per heavy atom. The number of nitrogens with one attached hydrogen (secondary N) is 2. The molecule has 2 N–H and O–H groups in total. The first-order valence-corrected chi connectivity index (χ1v) is 8.19. The third-order valence-electron chi connectivity index (χ3n) is 4.09. The highest BCUT2D eigenvalue weighted by Crippen LogP contribution is 2.29. The quantitative estimate of drug-likeness (QED) is 0.650.